The van der Waals surface area contributed by atoms with E-state index in [1.165, 1.54) is 19.3 Å². The summed E-state index contributed by atoms with van der Waals surface area (Å²) in [5, 5.41) is 16.9. The molecule has 0 aliphatic heterocycles. The van der Waals surface area contributed by atoms with Crippen LogP contribution in [0.3, 0.4) is 0 Å². The highest BCUT2D eigenvalue weighted by Gasteiger charge is 1.93. The zero-order chi connectivity index (χ0) is 21.0. The standard InChI is InChI=1S/C12H26O7.C8H18O/c13-1-3-15-5-7-17-9-11-19-12-10-18-8-6-16-4-2-14;1-3-5-6-8-9-7-4-2/h13-14H,1-12H2;3-8H2,1-2H3. The molecule has 8 nitrogen and oxygen atoms in total. The van der Waals surface area contributed by atoms with Crippen LogP contribution in [-0.2, 0) is 28.4 Å². The Morgan fingerprint density at radius 2 is 0.750 bits per heavy atom. The summed E-state index contributed by atoms with van der Waals surface area (Å²) in [6, 6.07) is 0. The van der Waals surface area contributed by atoms with Gasteiger partial charge in [0.25, 0.3) is 0 Å². The van der Waals surface area contributed by atoms with Crippen LogP contribution in [0.25, 0.3) is 0 Å². The predicted molar refractivity (Wildman–Crippen MR) is 109 cm³/mol. The summed E-state index contributed by atoms with van der Waals surface area (Å²) in [4.78, 5) is 0. The zero-order valence-corrected chi connectivity index (χ0v) is 18.1. The van der Waals surface area contributed by atoms with Crippen LogP contribution in [-0.4, -0.2) is 103 Å². The van der Waals surface area contributed by atoms with Crippen molar-refractivity contribution in [2.75, 3.05) is 92.5 Å². The fraction of sp³-hybridized carbons (Fsp3) is 1.00. The lowest BCUT2D eigenvalue weighted by Gasteiger charge is -2.07. The Kier molecular flexibility index (Phi) is 33.5. The van der Waals surface area contributed by atoms with E-state index in [2.05, 4.69) is 13.8 Å². The van der Waals surface area contributed by atoms with Gasteiger partial charge in [-0.3, -0.25) is 0 Å². The van der Waals surface area contributed by atoms with Crippen LogP contribution in [0.1, 0.15) is 39.5 Å². The molecule has 172 valence electrons. The Balaban J connectivity index is 0. The van der Waals surface area contributed by atoms with Crippen molar-refractivity contribution in [2.24, 2.45) is 0 Å². The van der Waals surface area contributed by atoms with Crippen LogP contribution in [0.4, 0.5) is 0 Å². The van der Waals surface area contributed by atoms with E-state index in [-0.39, 0.29) is 13.2 Å². The molecule has 0 heterocycles. The maximum absolute atomic E-state index is 8.45. The lowest BCUT2D eigenvalue weighted by atomic mass is 10.3. The van der Waals surface area contributed by atoms with Gasteiger partial charge < -0.3 is 38.6 Å². The van der Waals surface area contributed by atoms with Crippen LogP contribution >= 0.6 is 0 Å². The van der Waals surface area contributed by atoms with Crippen LogP contribution < -0.4 is 0 Å². The van der Waals surface area contributed by atoms with Gasteiger partial charge in [-0.2, -0.15) is 0 Å². The van der Waals surface area contributed by atoms with Gasteiger partial charge in [-0.1, -0.05) is 26.7 Å². The minimum absolute atomic E-state index is 0.0359. The van der Waals surface area contributed by atoms with Crippen LogP contribution in [0.2, 0.25) is 0 Å². The number of hydrogen-bond donors (Lipinski definition) is 2. The van der Waals surface area contributed by atoms with Crippen molar-refractivity contribution in [3.63, 3.8) is 0 Å². The number of rotatable bonds is 22. The SMILES string of the molecule is CCCCCOCCC.OCCOCCOCCOCCOCCOCCO. The zero-order valence-electron chi connectivity index (χ0n) is 18.1. The molecule has 0 aromatic heterocycles. The van der Waals surface area contributed by atoms with E-state index >= 15 is 0 Å². The van der Waals surface area contributed by atoms with Gasteiger partial charge in [0.15, 0.2) is 0 Å². The van der Waals surface area contributed by atoms with Gasteiger partial charge in [-0.15, -0.1) is 0 Å². The van der Waals surface area contributed by atoms with Crippen molar-refractivity contribution in [2.45, 2.75) is 39.5 Å². The quantitative estimate of drug-likeness (QED) is 0.259. The monoisotopic (exact) mass is 412 g/mol. The molecule has 0 amide bonds. The third-order valence-electron chi connectivity index (χ3n) is 3.20. The normalized spacial score (nSPS) is 10.7. The summed E-state index contributed by atoms with van der Waals surface area (Å²) in [6.07, 6.45) is 4.97. The van der Waals surface area contributed by atoms with Crippen LogP contribution in [0, 0.1) is 0 Å². The lowest BCUT2D eigenvalue weighted by Crippen LogP contribution is -2.14. The average molecular weight is 413 g/mol. The molecule has 0 spiro atoms. The van der Waals surface area contributed by atoms with Crippen molar-refractivity contribution in [3.05, 3.63) is 0 Å². The molecule has 0 fully saturated rings. The minimum atomic E-state index is 0.0359. The largest absolute Gasteiger partial charge is 0.394 e. The molecule has 0 unspecified atom stereocenters. The molecule has 0 aliphatic rings. The molecule has 0 saturated carbocycles. The molecule has 0 bridgehead atoms. The maximum atomic E-state index is 8.45. The predicted octanol–water partition coefficient (Wildman–Crippen LogP) is 1.66. The first-order chi connectivity index (χ1) is 13.8. The van der Waals surface area contributed by atoms with Gasteiger partial charge in [-0.05, 0) is 12.8 Å². The second-order valence-corrected chi connectivity index (χ2v) is 5.83. The van der Waals surface area contributed by atoms with E-state index in [1.807, 2.05) is 0 Å². The van der Waals surface area contributed by atoms with Gasteiger partial charge in [-0.25, -0.2) is 0 Å². The lowest BCUT2D eigenvalue weighted by molar-refractivity contribution is -0.0151. The highest BCUT2D eigenvalue weighted by atomic mass is 16.6. The number of unbranched alkanes of at least 4 members (excludes halogenated alkanes) is 2. The van der Waals surface area contributed by atoms with Crippen molar-refractivity contribution < 1.29 is 38.6 Å². The highest BCUT2D eigenvalue weighted by Crippen LogP contribution is 1.94. The van der Waals surface area contributed by atoms with Crippen LogP contribution in [0.5, 0.6) is 0 Å². The van der Waals surface area contributed by atoms with E-state index in [4.69, 9.17) is 38.6 Å². The molecule has 0 radical (unpaired) electrons. The Morgan fingerprint density at radius 1 is 0.393 bits per heavy atom. The molecule has 28 heavy (non-hydrogen) atoms. The Labute approximate surface area is 171 Å². The fourth-order valence-electron chi connectivity index (χ4n) is 1.81. The average Bonchev–Trinajstić information content (AvgIpc) is 2.71. The molecule has 0 aromatic carbocycles. The molecule has 0 rings (SSSR count). The van der Waals surface area contributed by atoms with Gasteiger partial charge in [0.1, 0.15) is 0 Å². The van der Waals surface area contributed by atoms with Crippen molar-refractivity contribution in [1.29, 1.82) is 0 Å². The van der Waals surface area contributed by atoms with E-state index in [9.17, 15) is 0 Å². The first-order valence-electron chi connectivity index (χ1n) is 10.5. The minimum Gasteiger partial charge on any atom is -0.394 e. The van der Waals surface area contributed by atoms with Crippen molar-refractivity contribution in [1.82, 2.24) is 0 Å². The second kappa shape index (κ2) is 31.4. The summed E-state index contributed by atoms with van der Waals surface area (Å²) >= 11 is 0. The van der Waals surface area contributed by atoms with E-state index < -0.39 is 0 Å². The molecule has 0 aromatic rings. The molecular formula is C20H44O8. The van der Waals surface area contributed by atoms with E-state index in [0.717, 1.165) is 19.6 Å². The van der Waals surface area contributed by atoms with Gasteiger partial charge in [0.2, 0.25) is 0 Å². The molecule has 2 N–H and O–H groups in total. The first-order valence-corrected chi connectivity index (χ1v) is 10.5. The third kappa shape index (κ3) is 33.3. The number of aliphatic hydroxyl groups is 2. The smallest absolute Gasteiger partial charge is 0.0701 e. The van der Waals surface area contributed by atoms with Crippen LogP contribution in [0.15, 0.2) is 0 Å². The fourth-order valence-corrected chi connectivity index (χ4v) is 1.81. The van der Waals surface area contributed by atoms with E-state index in [1.54, 1.807) is 0 Å². The van der Waals surface area contributed by atoms with Crippen molar-refractivity contribution in [3.8, 4) is 0 Å². The highest BCUT2D eigenvalue weighted by molar-refractivity contribution is 4.36. The molecule has 0 aliphatic carbocycles. The van der Waals surface area contributed by atoms with Gasteiger partial charge in [0, 0.05) is 13.2 Å². The molecule has 0 saturated heterocycles. The topological polar surface area (TPSA) is 95.8 Å². The van der Waals surface area contributed by atoms with Gasteiger partial charge >= 0.3 is 0 Å². The number of hydrogen-bond acceptors (Lipinski definition) is 8. The molecule has 0 atom stereocenters. The maximum Gasteiger partial charge on any atom is 0.0701 e. The molecular weight excluding hydrogens is 368 g/mol. The first kappa shape index (κ1) is 29.9. The van der Waals surface area contributed by atoms with Gasteiger partial charge in [0.05, 0.1) is 79.3 Å². The summed E-state index contributed by atoms with van der Waals surface area (Å²) < 4.78 is 31.1. The summed E-state index contributed by atoms with van der Waals surface area (Å²) in [5.41, 5.74) is 0. The Hall–Kier alpha value is -0.320. The Bertz CT molecular complexity index is 222. The van der Waals surface area contributed by atoms with Crippen molar-refractivity contribution >= 4 is 0 Å². The number of aliphatic hydroxyl groups excluding tert-OH is 2. The summed E-state index contributed by atoms with van der Waals surface area (Å²) in [5.74, 6) is 0. The number of ether oxygens (including phenoxy) is 6. The molecule has 8 heteroatoms. The summed E-state index contributed by atoms with van der Waals surface area (Å²) in [6.45, 7) is 11.0. The third-order valence-corrected chi connectivity index (χ3v) is 3.20. The second-order valence-electron chi connectivity index (χ2n) is 5.83. The summed E-state index contributed by atoms with van der Waals surface area (Å²) in [7, 11) is 0. The van der Waals surface area contributed by atoms with E-state index in [0.29, 0.717) is 66.1 Å². The Morgan fingerprint density at radius 3 is 1.07 bits per heavy atom.